The van der Waals surface area contributed by atoms with Gasteiger partial charge < -0.3 is 9.64 Å². The summed E-state index contributed by atoms with van der Waals surface area (Å²) in [4.78, 5) is 14.4. The van der Waals surface area contributed by atoms with E-state index in [4.69, 9.17) is 4.74 Å². The fourth-order valence-corrected chi connectivity index (χ4v) is 3.53. The number of aromatic nitrogens is 2. The van der Waals surface area contributed by atoms with Gasteiger partial charge in [-0.3, -0.25) is 9.48 Å². The van der Waals surface area contributed by atoms with Crippen molar-refractivity contribution in [3.05, 3.63) is 18.0 Å². The fourth-order valence-electron chi connectivity index (χ4n) is 3.53. The highest BCUT2D eigenvalue weighted by Crippen LogP contribution is 2.31. The quantitative estimate of drug-likeness (QED) is 0.856. The van der Waals surface area contributed by atoms with Crippen molar-refractivity contribution >= 4 is 5.91 Å². The summed E-state index contributed by atoms with van der Waals surface area (Å²) in [6, 6.07) is 0.182. The van der Waals surface area contributed by atoms with Gasteiger partial charge in [0, 0.05) is 25.4 Å². The normalized spacial score (nSPS) is 23.7. The van der Waals surface area contributed by atoms with Crippen LogP contribution in [0.5, 0.6) is 0 Å². The summed E-state index contributed by atoms with van der Waals surface area (Å²) in [6.07, 6.45) is 12.3. The van der Waals surface area contributed by atoms with Crippen molar-refractivity contribution in [1.82, 2.24) is 14.7 Å². The van der Waals surface area contributed by atoms with Crippen molar-refractivity contribution in [3.63, 3.8) is 0 Å². The molecule has 1 saturated carbocycles. The zero-order valence-corrected chi connectivity index (χ0v) is 12.8. The van der Waals surface area contributed by atoms with Crippen molar-refractivity contribution < 1.29 is 9.53 Å². The lowest BCUT2D eigenvalue weighted by molar-refractivity contribution is -0.139. The number of rotatable bonds is 4. The van der Waals surface area contributed by atoms with E-state index in [1.807, 2.05) is 24.3 Å². The summed E-state index contributed by atoms with van der Waals surface area (Å²) in [6.45, 7) is 1.08. The molecule has 0 N–H and O–H groups in total. The summed E-state index contributed by atoms with van der Waals surface area (Å²) >= 11 is 0. The van der Waals surface area contributed by atoms with Crippen LogP contribution in [0, 0.1) is 0 Å². The smallest absolute Gasteiger partial charge is 0.249 e. The SMILES string of the molecule is Cn1cc([C@H]2CCCN2C(=O)COC2CCCCC2)cn1. The van der Waals surface area contributed by atoms with Gasteiger partial charge in [-0.25, -0.2) is 0 Å². The summed E-state index contributed by atoms with van der Waals surface area (Å²) < 4.78 is 7.63. The highest BCUT2D eigenvalue weighted by molar-refractivity contribution is 5.78. The van der Waals surface area contributed by atoms with Crippen molar-refractivity contribution in [2.75, 3.05) is 13.2 Å². The minimum atomic E-state index is 0.131. The molecule has 3 rings (SSSR count). The Hall–Kier alpha value is -1.36. The number of carbonyl (C=O) groups is 1. The van der Waals surface area contributed by atoms with Gasteiger partial charge >= 0.3 is 0 Å². The van der Waals surface area contributed by atoms with Crippen LogP contribution < -0.4 is 0 Å². The van der Waals surface area contributed by atoms with E-state index in [9.17, 15) is 4.79 Å². The van der Waals surface area contributed by atoms with Crippen LogP contribution in [0.4, 0.5) is 0 Å². The first-order valence-corrected chi connectivity index (χ1v) is 8.13. The molecule has 116 valence electrons. The summed E-state index contributed by atoms with van der Waals surface area (Å²) in [5.74, 6) is 0.131. The van der Waals surface area contributed by atoms with E-state index in [1.165, 1.54) is 19.3 Å². The Labute approximate surface area is 126 Å². The first-order valence-electron chi connectivity index (χ1n) is 8.13. The van der Waals surface area contributed by atoms with Gasteiger partial charge in [0.2, 0.25) is 5.91 Å². The molecule has 0 radical (unpaired) electrons. The van der Waals surface area contributed by atoms with Crippen molar-refractivity contribution in [2.45, 2.75) is 57.1 Å². The Morgan fingerprint density at radius 3 is 2.81 bits per heavy atom. The zero-order chi connectivity index (χ0) is 14.7. The van der Waals surface area contributed by atoms with Crippen LogP contribution in [0.25, 0.3) is 0 Å². The van der Waals surface area contributed by atoms with E-state index in [1.54, 1.807) is 4.68 Å². The molecule has 1 saturated heterocycles. The topological polar surface area (TPSA) is 47.4 Å². The van der Waals surface area contributed by atoms with E-state index < -0.39 is 0 Å². The molecular weight excluding hydrogens is 266 g/mol. The number of hydrogen-bond acceptors (Lipinski definition) is 3. The second-order valence-corrected chi connectivity index (χ2v) is 6.26. The number of amides is 1. The summed E-state index contributed by atoms with van der Waals surface area (Å²) in [7, 11) is 1.91. The third-order valence-electron chi connectivity index (χ3n) is 4.68. The highest BCUT2D eigenvalue weighted by atomic mass is 16.5. The molecule has 5 nitrogen and oxygen atoms in total. The van der Waals surface area contributed by atoms with Gasteiger partial charge in [-0.2, -0.15) is 5.10 Å². The molecule has 1 aromatic heterocycles. The molecule has 2 fully saturated rings. The Morgan fingerprint density at radius 2 is 2.10 bits per heavy atom. The average molecular weight is 291 g/mol. The highest BCUT2D eigenvalue weighted by Gasteiger charge is 2.31. The van der Waals surface area contributed by atoms with Crippen LogP contribution in [0.1, 0.15) is 56.6 Å². The zero-order valence-electron chi connectivity index (χ0n) is 12.8. The van der Waals surface area contributed by atoms with Crippen molar-refractivity contribution in [1.29, 1.82) is 0 Å². The number of hydrogen-bond donors (Lipinski definition) is 0. The van der Waals surface area contributed by atoms with Gasteiger partial charge in [-0.15, -0.1) is 0 Å². The van der Waals surface area contributed by atoms with Crippen molar-refractivity contribution in [3.8, 4) is 0 Å². The molecule has 2 aliphatic rings. The minimum Gasteiger partial charge on any atom is -0.368 e. The Kier molecular flexibility index (Phi) is 4.58. The second-order valence-electron chi connectivity index (χ2n) is 6.26. The van der Waals surface area contributed by atoms with Crippen LogP contribution in [0.2, 0.25) is 0 Å². The average Bonchev–Trinajstić information content (AvgIpc) is 3.14. The largest absolute Gasteiger partial charge is 0.368 e. The van der Waals surface area contributed by atoms with Gasteiger partial charge in [0.05, 0.1) is 18.3 Å². The van der Waals surface area contributed by atoms with Crippen molar-refractivity contribution in [2.24, 2.45) is 7.05 Å². The van der Waals surface area contributed by atoms with Gasteiger partial charge in [-0.1, -0.05) is 19.3 Å². The summed E-state index contributed by atoms with van der Waals surface area (Å²) in [5.41, 5.74) is 1.14. The van der Waals surface area contributed by atoms with Gasteiger partial charge in [-0.05, 0) is 25.7 Å². The Balaban J connectivity index is 1.55. The third kappa shape index (κ3) is 3.46. The third-order valence-corrected chi connectivity index (χ3v) is 4.68. The van der Waals surface area contributed by atoms with Crippen LogP contribution in [0.3, 0.4) is 0 Å². The minimum absolute atomic E-state index is 0.131. The fraction of sp³-hybridized carbons (Fsp3) is 0.750. The maximum Gasteiger partial charge on any atom is 0.249 e. The summed E-state index contributed by atoms with van der Waals surface area (Å²) in [5, 5.41) is 4.22. The molecule has 5 heteroatoms. The number of aryl methyl sites for hydroxylation is 1. The van der Waals surface area contributed by atoms with Crippen LogP contribution >= 0.6 is 0 Å². The molecule has 0 aromatic carbocycles. The number of ether oxygens (including phenoxy) is 1. The first kappa shape index (κ1) is 14.6. The van der Waals surface area contributed by atoms with Gasteiger partial charge in [0.1, 0.15) is 6.61 Å². The molecule has 1 aliphatic heterocycles. The number of likely N-dealkylation sites (tertiary alicyclic amines) is 1. The standard InChI is InChI=1S/C16H25N3O2/c1-18-11-13(10-17-18)15-8-5-9-19(15)16(20)12-21-14-6-3-2-4-7-14/h10-11,14-15H,2-9,12H2,1H3/t15-/m1/s1. The van der Waals surface area contributed by atoms with Gasteiger partial charge in [0.25, 0.3) is 0 Å². The molecule has 1 aromatic rings. The molecule has 1 amide bonds. The predicted molar refractivity (Wildman–Crippen MR) is 79.7 cm³/mol. The molecule has 21 heavy (non-hydrogen) atoms. The van der Waals surface area contributed by atoms with Crippen LogP contribution in [0.15, 0.2) is 12.4 Å². The molecule has 0 bridgehead atoms. The van der Waals surface area contributed by atoms with Crippen LogP contribution in [-0.4, -0.2) is 39.8 Å². The van der Waals surface area contributed by atoms with Crippen LogP contribution in [-0.2, 0) is 16.6 Å². The van der Waals surface area contributed by atoms with E-state index in [2.05, 4.69) is 5.10 Å². The van der Waals surface area contributed by atoms with E-state index in [-0.39, 0.29) is 18.6 Å². The molecule has 0 spiro atoms. The van der Waals surface area contributed by atoms with E-state index in [0.717, 1.165) is 37.8 Å². The molecule has 2 heterocycles. The molecule has 1 aliphatic carbocycles. The van der Waals surface area contributed by atoms with E-state index in [0.29, 0.717) is 6.10 Å². The first-order chi connectivity index (χ1) is 10.2. The lowest BCUT2D eigenvalue weighted by Crippen LogP contribution is -2.35. The van der Waals surface area contributed by atoms with E-state index >= 15 is 0 Å². The maximum atomic E-state index is 12.5. The lowest BCUT2D eigenvalue weighted by atomic mass is 9.98. The number of nitrogens with zero attached hydrogens (tertiary/aromatic N) is 3. The monoisotopic (exact) mass is 291 g/mol. The van der Waals surface area contributed by atoms with Gasteiger partial charge in [0.15, 0.2) is 0 Å². The Bertz CT molecular complexity index is 480. The molecule has 0 unspecified atom stereocenters. The lowest BCUT2D eigenvalue weighted by Gasteiger charge is -2.26. The second kappa shape index (κ2) is 6.60. The maximum absolute atomic E-state index is 12.5. The predicted octanol–water partition coefficient (Wildman–Crippen LogP) is 2.43. The molecular formula is C16H25N3O2. The number of carbonyl (C=O) groups excluding carboxylic acids is 1. The Morgan fingerprint density at radius 1 is 1.29 bits per heavy atom. The molecule has 1 atom stereocenters.